The summed E-state index contributed by atoms with van der Waals surface area (Å²) in [5.74, 6) is 1.54. The fraction of sp³-hybridized carbons (Fsp3) is 0.923. The number of hydrogen-bond donors (Lipinski definition) is 1. The van der Waals surface area contributed by atoms with Gasteiger partial charge in [0.2, 0.25) is 0 Å². The lowest BCUT2D eigenvalue weighted by molar-refractivity contribution is 0.135. The van der Waals surface area contributed by atoms with Crippen molar-refractivity contribution < 1.29 is 0 Å². The number of piperidine rings is 1. The summed E-state index contributed by atoms with van der Waals surface area (Å²) in [5, 5.41) is 12.4. The molecule has 1 fully saturated rings. The van der Waals surface area contributed by atoms with Crippen molar-refractivity contribution in [1.29, 1.82) is 5.26 Å². The average Bonchev–Trinajstić information content (AvgIpc) is 2.22. The van der Waals surface area contributed by atoms with Gasteiger partial charge in [0.1, 0.15) is 6.04 Å². The topological polar surface area (TPSA) is 39.1 Å². The van der Waals surface area contributed by atoms with Crippen LogP contribution in [0.4, 0.5) is 0 Å². The van der Waals surface area contributed by atoms with E-state index in [-0.39, 0.29) is 6.04 Å². The Morgan fingerprint density at radius 2 is 2.00 bits per heavy atom. The Labute approximate surface area is 99.8 Å². The van der Waals surface area contributed by atoms with Gasteiger partial charge in [-0.2, -0.15) is 5.26 Å². The van der Waals surface area contributed by atoms with Gasteiger partial charge < -0.3 is 10.2 Å². The molecule has 16 heavy (non-hydrogen) atoms. The minimum atomic E-state index is -0.00236. The average molecular weight is 223 g/mol. The van der Waals surface area contributed by atoms with Crippen molar-refractivity contribution >= 4 is 0 Å². The summed E-state index contributed by atoms with van der Waals surface area (Å²) in [5.41, 5.74) is 0. The maximum absolute atomic E-state index is 9.08. The summed E-state index contributed by atoms with van der Waals surface area (Å²) >= 11 is 0. The van der Waals surface area contributed by atoms with E-state index in [2.05, 4.69) is 37.1 Å². The minimum Gasteiger partial charge on any atom is -0.301 e. The maximum atomic E-state index is 9.08. The highest BCUT2D eigenvalue weighted by molar-refractivity contribution is 4.93. The van der Waals surface area contributed by atoms with Crippen LogP contribution in [0.25, 0.3) is 0 Å². The fourth-order valence-corrected chi connectivity index (χ4v) is 2.67. The van der Waals surface area contributed by atoms with Gasteiger partial charge >= 0.3 is 0 Å². The summed E-state index contributed by atoms with van der Waals surface area (Å²) in [6.45, 7) is 10.9. The first-order valence-electron chi connectivity index (χ1n) is 6.51. The van der Waals surface area contributed by atoms with Gasteiger partial charge in [-0.05, 0) is 31.2 Å². The van der Waals surface area contributed by atoms with Gasteiger partial charge in [0, 0.05) is 19.6 Å². The molecule has 3 heteroatoms. The molecule has 1 aliphatic rings. The Bertz CT molecular complexity index is 224. The van der Waals surface area contributed by atoms with Crippen LogP contribution in [0, 0.1) is 23.2 Å². The first-order valence-corrected chi connectivity index (χ1v) is 6.51. The lowest BCUT2D eigenvalue weighted by Gasteiger charge is -2.35. The number of rotatable bonds is 5. The van der Waals surface area contributed by atoms with Crippen LogP contribution in [0.2, 0.25) is 0 Å². The third-order valence-corrected chi connectivity index (χ3v) is 3.18. The summed E-state index contributed by atoms with van der Waals surface area (Å²) in [7, 11) is 0. The van der Waals surface area contributed by atoms with Crippen molar-refractivity contribution in [3.8, 4) is 6.07 Å². The van der Waals surface area contributed by atoms with Crippen LogP contribution >= 0.6 is 0 Å². The van der Waals surface area contributed by atoms with E-state index in [4.69, 9.17) is 5.26 Å². The lowest BCUT2D eigenvalue weighted by atomic mass is 9.92. The van der Waals surface area contributed by atoms with E-state index in [1.807, 2.05) is 0 Å². The van der Waals surface area contributed by atoms with Gasteiger partial charge in [-0.15, -0.1) is 0 Å². The smallest absolute Gasteiger partial charge is 0.108 e. The van der Waals surface area contributed by atoms with Crippen LogP contribution in [0.5, 0.6) is 0 Å². The van der Waals surface area contributed by atoms with Crippen molar-refractivity contribution in [3.63, 3.8) is 0 Å². The first kappa shape index (κ1) is 13.5. The van der Waals surface area contributed by atoms with Crippen LogP contribution < -0.4 is 5.32 Å². The maximum Gasteiger partial charge on any atom is 0.108 e. The van der Waals surface area contributed by atoms with Crippen LogP contribution in [0.3, 0.4) is 0 Å². The van der Waals surface area contributed by atoms with Gasteiger partial charge in [-0.1, -0.05) is 20.8 Å². The van der Waals surface area contributed by atoms with Gasteiger partial charge in [-0.3, -0.25) is 0 Å². The molecular formula is C13H25N3. The molecule has 92 valence electrons. The van der Waals surface area contributed by atoms with Crippen LogP contribution in [-0.2, 0) is 0 Å². The van der Waals surface area contributed by atoms with E-state index in [1.165, 1.54) is 6.42 Å². The summed E-state index contributed by atoms with van der Waals surface area (Å²) in [6, 6.07) is 2.36. The van der Waals surface area contributed by atoms with E-state index in [1.54, 1.807) is 0 Å². The van der Waals surface area contributed by atoms with Crippen molar-refractivity contribution in [2.75, 3.05) is 26.2 Å². The van der Waals surface area contributed by atoms with Gasteiger partial charge in [-0.25, -0.2) is 0 Å². The van der Waals surface area contributed by atoms with Gasteiger partial charge in [0.05, 0.1) is 6.07 Å². The second-order valence-corrected chi connectivity index (χ2v) is 5.30. The zero-order chi connectivity index (χ0) is 12.0. The third-order valence-electron chi connectivity index (χ3n) is 3.18. The Kier molecular flexibility index (Phi) is 5.79. The van der Waals surface area contributed by atoms with E-state index >= 15 is 0 Å². The van der Waals surface area contributed by atoms with Crippen molar-refractivity contribution in [2.45, 2.75) is 39.7 Å². The molecule has 3 unspecified atom stereocenters. The molecule has 3 nitrogen and oxygen atoms in total. The minimum absolute atomic E-state index is 0.00236. The molecule has 1 aliphatic heterocycles. The SMILES string of the molecule is CCCNC(C#N)CN1CC(C)CC(C)C1. The highest BCUT2D eigenvalue weighted by Gasteiger charge is 2.23. The van der Waals surface area contributed by atoms with Crippen LogP contribution in [0.15, 0.2) is 0 Å². The van der Waals surface area contributed by atoms with E-state index in [9.17, 15) is 0 Å². The Hall–Kier alpha value is -0.590. The molecule has 1 saturated heterocycles. The number of nitrogens with zero attached hydrogens (tertiary/aromatic N) is 2. The number of nitrogens with one attached hydrogen (secondary N) is 1. The molecule has 0 spiro atoms. The van der Waals surface area contributed by atoms with Crippen molar-refractivity contribution in [2.24, 2.45) is 11.8 Å². The van der Waals surface area contributed by atoms with E-state index in [0.29, 0.717) is 0 Å². The molecule has 1 N–H and O–H groups in total. The Morgan fingerprint density at radius 1 is 1.38 bits per heavy atom. The zero-order valence-electron chi connectivity index (χ0n) is 10.9. The first-order chi connectivity index (χ1) is 7.65. The van der Waals surface area contributed by atoms with Crippen LogP contribution in [0.1, 0.15) is 33.6 Å². The van der Waals surface area contributed by atoms with Gasteiger partial charge in [0.25, 0.3) is 0 Å². The molecule has 0 aromatic carbocycles. The molecule has 0 radical (unpaired) electrons. The van der Waals surface area contributed by atoms with Crippen molar-refractivity contribution in [3.05, 3.63) is 0 Å². The quantitative estimate of drug-likeness (QED) is 0.773. The summed E-state index contributed by atoms with van der Waals surface area (Å²) in [4.78, 5) is 2.44. The lowest BCUT2D eigenvalue weighted by Crippen LogP contribution is -2.46. The molecule has 0 bridgehead atoms. The molecule has 1 rings (SSSR count). The molecule has 0 aromatic heterocycles. The third kappa shape index (κ3) is 4.51. The molecule has 3 atom stereocenters. The molecule has 0 aliphatic carbocycles. The molecular weight excluding hydrogens is 198 g/mol. The van der Waals surface area contributed by atoms with Crippen molar-refractivity contribution in [1.82, 2.24) is 10.2 Å². The molecule has 0 saturated carbocycles. The number of hydrogen-bond acceptors (Lipinski definition) is 3. The van der Waals surface area contributed by atoms with E-state index < -0.39 is 0 Å². The van der Waals surface area contributed by atoms with Crippen LogP contribution in [-0.4, -0.2) is 37.1 Å². The normalized spacial score (nSPS) is 28.6. The standard InChI is InChI=1S/C13H25N3/c1-4-5-15-13(7-14)10-16-8-11(2)6-12(3)9-16/h11-13,15H,4-6,8-10H2,1-3H3. The van der Waals surface area contributed by atoms with Gasteiger partial charge in [0.15, 0.2) is 0 Å². The Balaban J connectivity index is 2.36. The van der Waals surface area contributed by atoms with E-state index in [0.717, 1.165) is 44.4 Å². The largest absolute Gasteiger partial charge is 0.301 e. The molecule has 0 aromatic rings. The second kappa shape index (κ2) is 6.88. The zero-order valence-corrected chi connectivity index (χ0v) is 10.9. The highest BCUT2D eigenvalue weighted by atomic mass is 15.2. The summed E-state index contributed by atoms with van der Waals surface area (Å²) in [6.07, 6.45) is 2.42. The summed E-state index contributed by atoms with van der Waals surface area (Å²) < 4.78 is 0. The Morgan fingerprint density at radius 3 is 2.50 bits per heavy atom. The second-order valence-electron chi connectivity index (χ2n) is 5.30. The number of nitriles is 1. The highest BCUT2D eigenvalue weighted by Crippen LogP contribution is 2.20. The molecule has 1 heterocycles. The fourth-order valence-electron chi connectivity index (χ4n) is 2.67. The predicted octanol–water partition coefficient (Wildman–Crippen LogP) is 1.86. The predicted molar refractivity (Wildman–Crippen MR) is 67.1 cm³/mol. The monoisotopic (exact) mass is 223 g/mol. The molecule has 0 amide bonds. The number of likely N-dealkylation sites (tertiary alicyclic amines) is 1.